The number of anilines is 1. The van der Waals surface area contributed by atoms with Crippen LogP contribution in [0.15, 0.2) is 24.7 Å². The number of thiazole rings is 1. The van der Waals surface area contributed by atoms with Gasteiger partial charge in [0.2, 0.25) is 0 Å². The Bertz CT molecular complexity index is 1120. The summed E-state index contributed by atoms with van der Waals surface area (Å²) in [6.07, 6.45) is 12.6. The van der Waals surface area contributed by atoms with Crippen LogP contribution in [0.5, 0.6) is 0 Å². The maximum atomic E-state index is 6.15. The number of piperidine rings is 2. The zero-order valence-electron chi connectivity index (χ0n) is 21.2. The van der Waals surface area contributed by atoms with E-state index in [0.29, 0.717) is 6.73 Å². The summed E-state index contributed by atoms with van der Waals surface area (Å²) in [6.45, 7) is 14.0. The summed E-state index contributed by atoms with van der Waals surface area (Å²) in [6, 6.07) is 3.39. The third-order valence-corrected chi connectivity index (χ3v) is 9.96. The van der Waals surface area contributed by atoms with Crippen LogP contribution in [0.4, 0.5) is 5.69 Å². The number of hydrogen-bond donors (Lipinski definition) is 1. The topological polar surface area (TPSA) is 55.2 Å². The molecule has 5 heterocycles. The van der Waals surface area contributed by atoms with E-state index in [2.05, 4.69) is 53.6 Å². The van der Waals surface area contributed by atoms with Crippen molar-refractivity contribution in [1.82, 2.24) is 19.9 Å². The summed E-state index contributed by atoms with van der Waals surface area (Å²) in [4.78, 5) is 13.4. The smallest absolute Gasteiger partial charge is 0.144 e. The number of aromatic nitrogens is 3. The lowest BCUT2D eigenvalue weighted by atomic mass is 9.81. The van der Waals surface area contributed by atoms with Gasteiger partial charge in [0.25, 0.3) is 0 Å². The maximum Gasteiger partial charge on any atom is 0.144 e. The molecule has 2 aliphatic rings. The lowest BCUT2D eigenvalue weighted by Gasteiger charge is -2.47. The predicted octanol–water partition coefficient (Wildman–Crippen LogP) is 5.89. The summed E-state index contributed by atoms with van der Waals surface area (Å²) in [5.41, 5.74) is 3.73. The van der Waals surface area contributed by atoms with Gasteiger partial charge in [0.1, 0.15) is 17.4 Å². The Hall–Kier alpha value is -1.74. The van der Waals surface area contributed by atoms with E-state index in [1.807, 2.05) is 12.4 Å². The van der Waals surface area contributed by atoms with Crippen LogP contribution in [0.3, 0.4) is 0 Å². The number of pyridine rings is 1. The van der Waals surface area contributed by atoms with Gasteiger partial charge in [-0.05, 0) is 51.3 Å². The average Bonchev–Trinajstić information content (AvgIpc) is 3.40. The molecule has 6 nitrogen and oxygen atoms in total. The monoisotopic (exact) mass is 497 g/mol. The molecule has 1 spiro atoms. The molecule has 184 valence electrons. The first-order chi connectivity index (χ1) is 16.3. The van der Waals surface area contributed by atoms with Gasteiger partial charge in [-0.15, -0.1) is 11.3 Å². The molecule has 0 unspecified atom stereocenters. The SMILES string of the molecule is Cc1cnc(-c2cn(COCC[Si](C)(C)C)c3nccc(N4CCC[C@]5(CCCCN5)C4)c23)s1. The van der Waals surface area contributed by atoms with E-state index in [1.165, 1.54) is 59.7 Å². The Kier molecular flexibility index (Phi) is 6.85. The maximum absolute atomic E-state index is 6.15. The molecule has 0 radical (unpaired) electrons. The second-order valence-electron chi connectivity index (χ2n) is 11.4. The van der Waals surface area contributed by atoms with Crippen molar-refractivity contribution in [3.8, 4) is 10.6 Å². The Morgan fingerprint density at radius 3 is 2.76 bits per heavy atom. The van der Waals surface area contributed by atoms with E-state index in [1.54, 1.807) is 11.3 Å². The predicted molar refractivity (Wildman–Crippen MR) is 146 cm³/mol. The van der Waals surface area contributed by atoms with Crippen molar-refractivity contribution in [3.63, 3.8) is 0 Å². The Labute approximate surface area is 208 Å². The van der Waals surface area contributed by atoms with Gasteiger partial charge in [0.15, 0.2) is 0 Å². The summed E-state index contributed by atoms with van der Waals surface area (Å²) >= 11 is 1.76. The summed E-state index contributed by atoms with van der Waals surface area (Å²) in [7, 11) is -1.12. The molecule has 2 saturated heterocycles. The molecule has 2 fully saturated rings. The molecule has 5 rings (SSSR count). The molecule has 8 heteroatoms. The minimum absolute atomic E-state index is 0.256. The molecule has 0 amide bonds. The highest BCUT2D eigenvalue weighted by molar-refractivity contribution is 7.15. The lowest BCUT2D eigenvalue weighted by molar-refractivity contribution is 0.0899. The normalized spacial score (nSPS) is 21.6. The molecule has 1 N–H and O–H groups in total. The summed E-state index contributed by atoms with van der Waals surface area (Å²) < 4.78 is 8.34. The first kappa shape index (κ1) is 24.0. The van der Waals surface area contributed by atoms with E-state index in [-0.39, 0.29) is 5.54 Å². The zero-order valence-corrected chi connectivity index (χ0v) is 23.0. The van der Waals surface area contributed by atoms with Crippen molar-refractivity contribution < 1.29 is 4.74 Å². The number of ether oxygens (including phenoxy) is 1. The van der Waals surface area contributed by atoms with Crippen molar-refractivity contribution >= 4 is 36.1 Å². The molecular weight excluding hydrogens is 458 g/mol. The van der Waals surface area contributed by atoms with Crippen molar-refractivity contribution in [2.24, 2.45) is 0 Å². The Balaban J connectivity index is 1.50. The van der Waals surface area contributed by atoms with Crippen LogP contribution >= 0.6 is 11.3 Å². The van der Waals surface area contributed by atoms with Gasteiger partial charge >= 0.3 is 0 Å². The van der Waals surface area contributed by atoms with Crippen molar-refractivity contribution in [3.05, 3.63) is 29.5 Å². The molecule has 3 aromatic heterocycles. The fourth-order valence-electron chi connectivity index (χ4n) is 5.46. The number of aryl methyl sites for hydroxylation is 1. The number of rotatable bonds is 7. The van der Waals surface area contributed by atoms with Crippen LogP contribution in [-0.2, 0) is 11.5 Å². The molecule has 34 heavy (non-hydrogen) atoms. The zero-order chi connectivity index (χ0) is 23.8. The third-order valence-electron chi connectivity index (χ3n) is 7.31. The Morgan fingerprint density at radius 1 is 1.18 bits per heavy atom. The Morgan fingerprint density at radius 2 is 2.03 bits per heavy atom. The molecule has 0 aliphatic carbocycles. The van der Waals surface area contributed by atoms with Gasteiger partial charge < -0.3 is 19.5 Å². The first-order valence-corrected chi connectivity index (χ1v) is 17.3. The highest BCUT2D eigenvalue weighted by atomic mass is 32.1. The van der Waals surface area contributed by atoms with Crippen LogP contribution in [-0.4, -0.2) is 54.4 Å². The fraction of sp³-hybridized carbons (Fsp3) is 0.615. The van der Waals surface area contributed by atoms with Crippen molar-refractivity contribution in [2.45, 2.75) is 77.0 Å². The van der Waals surface area contributed by atoms with Gasteiger partial charge in [0, 0.05) is 62.3 Å². The minimum Gasteiger partial charge on any atom is -0.369 e. The lowest BCUT2D eigenvalue weighted by Crippen LogP contribution is -2.59. The number of nitrogens with zero attached hydrogens (tertiary/aromatic N) is 4. The van der Waals surface area contributed by atoms with Gasteiger partial charge in [-0.1, -0.05) is 26.1 Å². The molecule has 1 atom stereocenters. The van der Waals surface area contributed by atoms with E-state index in [9.17, 15) is 0 Å². The van der Waals surface area contributed by atoms with E-state index >= 15 is 0 Å². The quantitative estimate of drug-likeness (QED) is 0.326. The van der Waals surface area contributed by atoms with Crippen LogP contribution < -0.4 is 10.2 Å². The largest absolute Gasteiger partial charge is 0.369 e. The summed E-state index contributed by atoms with van der Waals surface area (Å²) in [5, 5.41) is 6.18. The second kappa shape index (κ2) is 9.72. The molecule has 3 aromatic rings. The van der Waals surface area contributed by atoms with Gasteiger partial charge in [0.05, 0.1) is 11.1 Å². The van der Waals surface area contributed by atoms with Gasteiger partial charge in [-0.25, -0.2) is 9.97 Å². The van der Waals surface area contributed by atoms with E-state index in [4.69, 9.17) is 14.7 Å². The van der Waals surface area contributed by atoms with Gasteiger partial charge in [-0.2, -0.15) is 0 Å². The summed E-state index contributed by atoms with van der Waals surface area (Å²) in [5.74, 6) is 0. The average molecular weight is 498 g/mol. The molecular formula is C26H39N5OSSi. The van der Waals surface area contributed by atoms with Crippen LogP contribution in [0.2, 0.25) is 25.7 Å². The van der Waals surface area contributed by atoms with E-state index in [0.717, 1.165) is 36.9 Å². The fourth-order valence-corrected chi connectivity index (χ4v) is 7.00. The van der Waals surface area contributed by atoms with E-state index < -0.39 is 8.07 Å². The van der Waals surface area contributed by atoms with Crippen molar-refractivity contribution in [2.75, 3.05) is 31.1 Å². The third kappa shape index (κ3) is 5.10. The highest BCUT2D eigenvalue weighted by Gasteiger charge is 2.37. The minimum atomic E-state index is -1.12. The highest BCUT2D eigenvalue weighted by Crippen LogP contribution is 2.40. The van der Waals surface area contributed by atoms with Crippen LogP contribution in [0, 0.1) is 6.92 Å². The standard InChI is InChI=1S/C26H39N5OSSi/c1-20-16-28-25(33-20)21-17-31(19-32-14-15-34(2,3)4)24-23(21)22(8-12-27-24)30-13-7-10-26(18-30)9-5-6-11-29-26/h8,12,16-17,29H,5-7,9-11,13-15,18-19H2,1-4H3/t26-/m1/s1. The van der Waals surface area contributed by atoms with Crippen molar-refractivity contribution in [1.29, 1.82) is 0 Å². The molecule has 0 bridgehead atoms. The van der Waals surface area contributed by atoms with Crippen LogP contribution in [0.25, 0.3) is 21.6 Å². The van der Waals surface area contributed by atoms with Crippen LogP contribution in [0.1, 0.15) is 37.0 Å². The first-order valence-electron chi connectivity index (χ1n) is 12.8. The second-order valence-corrected chi connectivity index (χ2v) is 18.2. The number of hydrogen-bond acceptors (Lipinski definition) is 6. The molecule has 2 aliphatic heterocycles. The molecule has 0 aromatic carbocycles. The van der Waals surface area contributed by atoms with Gasteiger partial charge in [-0.3, -0.25) is 0 Å². The number of nitrogens with one attached hydrogen (secondary N) is 1. The molecule has 0 saturated carbocycles. The number of fused-ring (bicyclic) bond motifs is 1.